The van der Waals surface area contributed by atoms with Crippen molar-refractivity contribution in [2.24, 2.45) is 0 Å². The fourth-order valence-corrected chi connectivity index (χ4v) is 2.39. The van der Waals surface area contributed by atoms with E-state index in [0.29, 0.717) is 6.61 Å². The Morgan fingerprint density at radius 1 is 1.32 bits per heavy atom. The molecule has 0 atom stereocenters. The summed E-state index contributed by atoms with van der Waals surface area (Å²) in [4.78, 5) is 5.58. The molecule has 0 bridgehead atoms. The Balaban J connectivity index is 1.89. The van der Waals surface area contributed by atoms with Crippen molar-refractivity contribution in [1.29, 1.82) is 0 Å². The molecular weight excluding hydrogens is 260 g/mol. The van der Waals surface area contributed by atoms with E-state index in [4.69, 9.17) is 9.47 Å². The summed E-state index contributed by atoms with van der Waals surface area (Å²) < 4.78 is 10.9. The van der Waals surface area contributed by atoms with Crippen molar-refractivity contribution < 1.29 is 9.47 Å². The third kappa shape index (κ3) is 4.22. The molecule has 0 spiro atoms. The SMILES string of the molecule is CCNCc1cnc(COc2cccc(OC)c2)s1. The van der Waals surface area contributed by atoms with Crippen LogP contribution in [0.2, 0.25) is 0 Å². The van der Waals surface area contributed by atoms with E-state index in [1.165, 1.54) is 4.88 Å². The second-order valence-corrected chi connectivity index (χ2v) is 5.17. The molecule has 102 valence electrons. The highest BCUT2D eigenvalue weighted by Crippen LogP contribution is 2.21. The summed E-state index contributed by atoms with van der Waals surface area (Å²) in [5.41, 5.74) is 0. The van der Waals surface area contributed by atoms with Gasteiger partial charge < -0.3 is 14.8 Å². The van der Waals surface area contributed by atoms with E-state index in [1.807, 2.05) is 30.5 Å². The first-order chi connectivity index (χ1) is 9.31. The lowest BCUT2D eigenvalue weighted by Crippen LogP contribution is -2.10. The Morgan fingerprint density at radius 3 is 2.95 bits per heavy atom. The molecule has 0 aliphatic heterocycles. The topological polar surface area (TPSA) is 43.4 Å². The maximum Gasteiger partial charge on any atom is 0.140 e. The molecule has 2 rings (SSSR count). The van der Waals surface area contributed by atoms with Gasteiger partial charge in [-0.05, 0) is 18.7 Å². The number of methoxy groups -OCH3 is 1. The van der Waals surface area contributed by atoms with Gasteiger partial charge in [-0.2, -0.15) is 0 Å². The van der Waals surface area contributed by atoms with Crippen LogP contribution in [-0.2, 0) is 13.2 Å². The number of benzene rings is 1. The maximum atomic E-state index is 5.70. The molecule has 5 heteroatoms. The highest BCUT2D eigenvalue weighted by atomic mass is 32.1. The van der Waals surface area contributed by atoms with Crippen molar-refractivity contribution in [3.63, 3.8) is 0 Å². The molecular formula is C14H18N2O2S. The van der Waals surface area contributed by atoms with E-state index in [1.54, 1.807) is 18.4 Å². The Bertz CT molecular complexity index is 514. The van der Waals surface area contributed by atoms with Crippen LogP contribution in [0.25, 0.3) is 0 Å². The van der Waals surface area contributed by atoms with Gasteiger partial charge in [-0.3, -0.25) is 0 Å². The summed E-state index contributed by atoms with van der Waals surface area (Å²) in [6.07, 6.45) is 1.90. The number of hydrogen-bond acceptors (Lipinski definition) is 5. The van der Waals surface area contributed by atoms with Crippen LogP contribution in [0.5, 0.6) is 11.5 Å². The number of hydrogen-bond donors (Lipinski definition) is 1. The minimum atomic E-state index is 0.490. The number of aromatic nitrogens is 1. The normalized spacial score (nSPS) is 10.4. The van der Waals surface area contributed by atoms with E-state index >= 15 is 0 Å². The lowest BCUT2D eigenvalue weighted by molar-refractivity contribution is 0.303. The highest BCUT2D eigenvalue weighted by Gasteiger charge is 2.03. The first-order valence-corrected chi connectivity index (χ1v) is 7.04. The molecule has 0 saturated carbocycles. The molecule has 1 aromatic carbocycles. The lowest BCUT2D eigenvalue weighted by Gasteiger charge is -2.05. The van der Waals surface area contributed by atoms with Gasteiger partial charge in [0.1, 0.15) is 23.1 Å². The van der Waals surface area contributed by atoms with Crippen LogP contribution in [0.1, 0.15) is 16.8 Å². The maximum absolute atomic E-state index is 5.70. The fourth-order valence-electron chi connectivity index (χ4n) is 1.58. The van der Waals surface area contributed by atoms with Crippen molar-refractivity contribution in [2.45, 2.75) is 20.1 Å². The van der Waals surface area contributed by atoms with Gasteiger partial charge >= 0.3 is 0 Å². The average molecular weight is 278 g/mol. The third-order valence-electron chi connectivity index (χ3n) is 2.55. The average Bonchev–Trinajstić information content (AvgIpc) is 2.91. The van der Waals surface area contributed by atoms with Gasteiger partial charge in [-0.1, -0.05) is 13.0 Å². The van der Waals surface area contributed by atoms with Crippen LogP contribution in [0.15, 0.2) is 30.5 Å². The van der Waals surface area contributed by atoms with E-state index < -0.39 is 0 Å². The molecule has 0 saturated heterocycles. The molecule has 19 heavy (non-hydrogen) atoms. The first-order valence-electron chi connectivity index (χ1n) is 6.23. The minimum absolute atomic E-state index is 0.490. The zero-order chi connectivity index (χ0) is 13.5. The first kappa shape index (κ1) is 13.8. The van der Waals surface area contributed by atoms with Crippen molar-refractivity contribution in [2.75, 3.05) is 13.7 Å². The molecule has 4 nitrogen and oxygen atoms in total. The van der Waals surface area contributed by atoms with Crippen molar-refractivity contribution in [3.8, 4) is 11.5 Å². The lowest BCUT2D eigenvalue weighted by atomic mass is 10.3. The highest BCUT2D eigenvalue weighted by molar-refractivity contribution is 7.11. The summed E-state index contributed by atoms with van der Waals surface area (Å²) >= 11 is 1.67. The van der Waals surface area contributed by atoms with Crippen LogP contribution in [0, 0.1) is 0 Å². The summed E-state index contributed by atoms with van der Waals surface area (Å²) in [5.74, 6) is 1.59. The molecule has 0 aliphatic carbocycles. The Hall–Kier alpha value is -1.59. The fraction of sp³-hybridized carbons (Fsp3) is 0.357. The summed E-state index contributed by atoms with van der Waals surface area (Å²) in [5, 5.41) is 4.26. The molecule has 0 amide bonds. The molecule has 0 aliphatic rings. The van der Waals surface area contributed by atoms with Crippen LogP contribution in [-0.4, -0.2) is 18.6 Å². The van der Waals surface area contributed by atoms with Gasteiger partial charge in [0.2, 0.25) is 0 Å². The molecule has 0 radical (unpaired) electrons. The number of rotatable bonds is 7. The zero-order valence-corrected chi connectivity index (χ0v) is 12.0. The number of ether oxygens (including phenoxy) is 2. The van der Waals surface area contributed by atoms with Gasteiger partial charge in [0.25, 0.3) is 0 Å². The van der Waals surface area contributed by atoms with Gasteiger partial charge in [-0.25, -0.2) is 4.98 Å². The number of nitrogens with zero attached hydrogens (tertiary/aromatic N) is 1. The van der Waals surface area contributed by atoms with Crippen molar-refractivity contribution in [1.82, 2.24) is 10.3 Å². The quantitative estimate of drug-likeness (QED) is 0.846. The second kappa shape index (κ2) is 7.11. The van der Waals surface area contributed by atoms with E-state index in [-0.39, 0.29) is 0 Å². The summed E-state index contributed by atoms with van der Waals surface area (Å²) in [7, 11) is 1.65. The third-order valence-corrected chi connectivity index (χ3v) is 3.53. The van der Waals surface area contributed by atoms with Crippen LogP contribution in [0.3, 0.4) is 0 Å². The van der Waals surface area contributed by atoms with Crippen molar-refractivity contribution >= 4 is 11.3 Å². The van der Waals surface area contributed by atoms with Gasteiger partial charge in [-0.15, -0.1) is 11.3 Å². The Labute approximate surface area is 117 Å². The zero-order valence-electron chi connectivity index (χ0n) is 11.2. The molecule has 0 fully saturated rings. The van der Waals surface area contributed by atoms with Crippen LogP contribution >= 0.6 is 11.3 Å². The molecule has 1 heterocycles. The molecule has 1 aromatic heterocycles. The standard InChI is InChI=1S/C14H18N2O2S/c1-3-15-8-13-9-16-14(19-13)10-18-12-6-4-5-11(7-12)17-2/h4-7,9,15H,3,8,10H2,1-2H3. The van der Waals surface area contributed by atoms with E-state index in [2.05, 4.69) is 17.2 Å². The summed E-state index contributed by atoms with van der Waals surface area (Å²) in [6, 6.07) is 7.58. The van der Waals surface area contributed by atoms with E-state index in [9.17, 15) is 0 Å². The second-order valence-electron chi connectivity index (χ2n) is 3.97. The van der Waals surface area contributed by atoms with E-state index in [0.717, 1.165) is 29.6 Å². The number of nitrogens with one attached hydrogen (secondary N) is 1. The Morgan fingerprint density at radius 2 is 2.16 bits per heavy atom. The molecule has 2 aromatic rings. The van der Waals surface area contributed by atoms with Gasteiger partial charge in [0.15, 0.2) is 0 Å². The predicted octanol–water partition coefficient (Wildman–Crippen LogP) is 2.84. The monoisotopic (exact) mass is 278 g/mol. The molecule has 1 N–H and O–H groups in total. The predicted molar refractivity (Wildman–Crippen MR) is 76.8 cm³/mol. The minimum Gasteiger partial charge on any atom is -0.497 e. The van der Waals surface area contributed by atoms with Crippen LogP contribution < -0.4 is 14.8 Å². The Kier molecular flexibility index (Phi) is 5.18. The van der Waals surface area contributed by atoms with Crippen LogP contribution in [0.4, 0.5) is 0 Å². The van der Waals surface area contributed by atoms with Crippen molar-refractivity contribution in [3.05, 3.63) is 40.3 Å². The largest absolute Gasteiger partial charge is 0.497 e. The number of thiazole rings is 1. The van der Waals surface area contributed by atoms with Gasteiger partial charge in [0, 0.05) is 23.7 Å². The van der Waals surface area contributed by atoms with Gasteiger partial charge in [0.05, 0.1) is 7.11 Å². The summed E-state index contributed by atoms with van der Waals surface area (Å²) in [6.45, 7) is 4.42. The smallest absolute Gasteiger partial charge is 0.140 e. The molecule has 0 unspecified atom stereocenters.